The molecule has 3 aromatic heterocycles. The van der Waals surface area contributed by atoms with Crippen LogP contribution in [-0.4, -0.2) is 19.9 Å². The number of hydrogen-bond donors (Lipinski definition) is 1. The maximum atomic E-state index is 6.24. The lowest BCUT2D eigenvalue weighted by Gasteiger charge is -2.14. The van der Waals surface area contributed by atoms with E-state index in [2.05, 4.69) is 19.9 Å². The zero-order chi connectivity index (χ0) is 18.8. The number of aromatic nitrogens is 4. The highest BCUT2D eigenvalue weighted by Crippen LogP contribution is 2.36. The van der Waals surface area contributed by atoms with Gasteiger partial charge in [-0.25, -0.2) is 19.9 Å². The van der Waals surface area contributed by atoms with Crippen LogP contribution in [0.2, 0.25) is 5.15 Å². The monoisotopic (exact) mass is 377 g/mol. The molecule has 4 rings (SSSR count). The Labute approximate surface area is 161 Å². The van der Waals surface area contributed by atoms with Crippen LogP contribution < -0.4 is 10.5 Å². The number of pyridine rings is 2. The minimum atomic E-state index is 0.242. The number of rotatable bonds is 4. The van der Waals surface area contributed by atoms with Gasteiger partial charge in [0, 0.05) is 41.3 Å². The Morgan fingerprint density at radius 1 is 0.963 bits per heavy atom. The van der Waals surface area contributed by atoms with Crippen molar-refractivity contribution in [1.29, 1.82) is 0 Å². The molecule has 0 aliphatic heterocycles. The van der Waals surface area contributed by atoms with Crippen LogP contribution in [0.5, 0.6) is 11.6 Å². The summed E-state index contributed by atoms with van der Waals surface area (Å²) in [5.74, 6) is 1.46. The van der Waals surface area contributed by atoms with Crippen LogP contribution in [0.15, 0.2) is 55.0 Å². The first-order valence-electron chi connectivity index (χ1n) is 8.35. The molecular formula is C20H16ClN5O. The molecule has 6 nitrogen and oxygen atoms in total. The Balaban J connectivity index is 1.75. The van der Waals surface area contributed by atoms with Crippen molar-refractivity contribution in [3.8, 4) is 11.6 Å². The molecular weight excluding hydrogens is 362 g/mol. The quantitative estimate of drug-likeness (QED) is 0.532. The summed E-state index contributed by atoms with van der Waals surface area (Å²) in [5, 5.41) is 2.16. The Bertz CT molecular complexity index is 1130. The zero-order valence-corrected chi connectivity index (χ0v) is 15.3. The zero-order valence-electron chi connectivity index (χ0n) is 14.6. The van der Waals surface area contributed by atoms with E-state index in [-0.39, 0.29) is 5.95 Å². The molecule has 134 valence electrons. The molecule has 0 spiro atoms. The molecule has 0 unspecified atom stereocenters. The number of nitrogen functional groups attached to an aromatic ring is 1. The highest BCUT2D eigenvalue weighted by molar-refractivity contribution is 6.34. The van der Waals surface area contributed by atoms with E-state index in [1.54, 1.807) is 18.6 Å². The average molecular weight is 378 g/mol. The van der Waals surface area contributed by atoms with Crippen LogP contribution in [0.25, 0.3) is 10.8 Å². The summed E-state index contributed by atoms with van der Waals surface area (Å²) in [6.07, 6.45) is 5.53. The normalized spacial score (nSPS) is 10.9. The minimum Gasteiger partial charge on any atom is -0.438 e. The van der Waals surface area contributed by atoms with Crippen molar-refractivity contribution < 1.29 is 4.74 Å². The van der Waals surface area contributed by atoms with Gasteiger partial charge in [-0.1, -0.05) is 29.8 Å². The van der Waals surface area contributed by atoms with Gasteiger partial charge in [-0.05, 0) is 30.7 Å². The molecule has 27 heavy (non-hydrogen) atoms. The summed E-state index contributed by atoms with van der Waals surface area (Å²) < 4.78 is 6.24. The number of aryl methyl sites for hydroxylation is 1. The molecule has 3 heterocycles. The first-order chi connectivity index (χ1) is 13.1. The lowest BCUT2D eigenvalue weighted by molar-refractivity contribution is 0.459. The van der Waals surface area contributed by atoms with E-state index < -0.39 is 0 Å². The standard InChI is InChI=1S/C20H16ClN5O/c1-12-4-5-16-15(7-10-23-18(16)21)17(12)27-19-13(3-2-8-24-19)11-14-6-9-25-20(22)26-14/h2-10H,11H2,1H3,(H2,22,25,26). The highest BCUT2D eigenvalue weighted by atomic mass is 35.5. The molecule has 0 bridgehead atoms. The fourth-order valence-electron chi connectivity index (χ4n) is 2.89. The second-order valence-electron chi connectivity index (χ2n) is 6.06. The third-order valence-corrected chi connectivity index (χ3v) is 4.50. The summed E-state index contributed by atoms with van der Waals surface area (Å²) in [6.45, 7) is 1.98. The second kappa shape index (κ2) is 7.17. The summed E-state index contributed by atoms with van der Waals surface area (Å²) in [7, 11) is 0. The molecule has 0 radical (unpaired) electrons. The van der Waals surface area contributed by atoms with Gasteiger partial charge in [0.2, 0.25) is 11.8 Å². The number of hydrogen-bond acceptors (Lipinski definition) is 6. The van der Waals surface area contributed by atoms with E-state index in [0.29, 0.717) is 23.2 Å². The van der Waals surface area contributed by atoms with Crippen molar-refractivity contribution in [1.82, 2.24) is 19.9 Å². The van der Waals surface area contributed by atoms with Gasteiger partial charge in [0.1, 0.15) is 10.9 Å². The molecule has 0 aliphatic rings. The van der Waals surface area contributed by atoms with Gasteiger partial charge in [-0.2, -0.15) is 0 Å². The number of fused-ring (bicyclic) bond motifs is 1. The first-order valence-corrected chi connectivity index (χ1v) is 8.72. The lowest BCUT2D eigenvalue weighted by Crippen LogP contribution is -2.01. The smallest absolute Gasteiger partial charge is 0.222 e. The van der Waals surface area contributed by atoms with Crippen molar-refractivity contribution in [3.63, 3.8) is 0 Å². The Morgan fingerprint density at radius 2 is 1.81 bits per heavy atom. The van der Waals surface area contributed by atoms with Crippen molar-refractivity contribution in [2.24, 2.45) is 0 Å². The summed E-state index contributed by atoms with van der Waals surface area (Å²) in [6, 6.07) is 11.4. The third kappa shape index (κ3) is 3.52. The van der Waals surface area contributed by atoms with Crippen LogP contribution in [-0.2, 0) is 6.42 Å². The van der Waals surface area contributed by atoms with Gasteiger partial charge in [0.05, 0.1) is 5.69 Å². The van der Waals surface area contributed by atoms with E-state index in [9.17, 15) is 0 Å². The predicted molar refractivity (Wildman–Crippen MR) is 105 cm³/mol. The van der Waals surface area contributed by atoms with Gasteiger partial charge in [0.15, 0.2) is 0 Å². The fraction of sp³-hybridized carbons (Fsp3) is 0.100. The van der Waals surface area contributed by atoms with E-state index in [0.717, 1.165) is 27.6 Å². The van der Waals surface area contributed by atoms with Crippen molar-refractivity contribution in [2.45, 2.75) is 13.3 Å². The van der Waals surface area contributed by atoms with Crippen LogP contribution in [0, 0.1) is 6.92 Å². The molecule has 0 amide bonds. The van der Waals surface area contributed by atoms with E-state index in [4.69, 9.17) is 22.1 Å². The van der Waals surface area contributed by atoms with Crippen molar-refractivity contribution >= 4 is 28.3 Å². The van der Waals surface area contributed by atoms with E-state index in [1.807, 2.05) is 43.3 Å². The molecule has 7 heteroatoms. The van der Waals surface area contributed by atoms with Crippen molar-refractivity contribution in [2.75, 3.05) is 5.73 Å². The maximum Gasteiger partial charge on any atom is 0.222 e. The number of nitrogens with two attached hydrogens (primary N) is 1. The minimum absolute atomic E-state index is 0.242. The largest absolute Gasteiger partial charge is 0.438 e. The molecule has 0 saturated heterocycles. The first kappa shape index (κ1) is 17.2. The second-order valence-corrected chi connectivity index (χ2v) is 6.42. The van der Waals surface area contributed by atoms with Crippen LogP contribution >= 0.6 is 11.6 Å². The summed E-state index contributed by atoms with van der Waals surface area (Å²) in [4.78, 5) is 16.7. The Kier molecular flexibility index (Phi) is 4.56. The molecule has 0 saturated carbocycles. The van der Waals surface area contributed by atoms with Gasteiger partial charge >= 0.3 is 0 Å². The van der Waals surface area contributed by atoms with Gasteiger partial charge in [0.25, 0.3) is 0 Å². The molecule has 0 atom stereocenters. The number of ether oxygens (including phenoxy) is 1. The van der Waals surface area contributed by atoms with Crippen LogP contribution in [0.1, 0.15) is 16.8 Å². The number of anilines is 1. The third-order valence-electron chi connectivity index (χ3n) is 4.20. The molecule has 4 aromatic rings. The van der Waals surface area contributed by atoms with E-state index >= 15 is 0 Å². The Hall–Kier alpha value is -3.25. The topological polar surface area (TPSA) is 86.8 Å². The SMILES string of the molecule is Cc1ccc2c(Cl)nccc2c1Oc1ncccc1Cc1ccnc(N)n1. The predicted octanol–water partition coefficient (Wildman–Crippen LogP) is 4.35. The maximum absolute atomic E-state index is 6.24. The number of benzene rings is 1. The fourth-order valence-corrected chi connectivity index (χ4v) is 3.11. The molecule has 2 N–H and O–H groups in total. The summed E-state index contributed by atoms with van der Waals surface area (Å²) in [5.41, 5.74) is 8.35. The molecule has 1 aromatic carbocycles. The average Bonchev–Trinajstić information content (AvgIpc) is 2.66. The van der Waals surface area contributed by atoms with Gasteiger partial charge < -0.3 is 10.5 Å². The molecule has 0 aliphatic carbocycles. The van der Waals surface area contributed by atoms with E-state index in [1.165, 1.54) is 0 Å². The summed E-state index contributed by atoms with van der Waals surface area (Å²) >= 11 is 6.23. The van der Waals surface area contributed by atoms with Gasteiger partial charge in [-0.15, -0.1) is 0 Å². The number of halogens is 1. The number of nitrogens with zero attached hydrogens (tertiary/aromatic N) is 4. The van der Waals surface area contributed by atoms with Crippen molar-refractivity contribution in [3.05, 3.63) is 77.0 Å². The van der Waals surface area contributed by atoms with Gasteiger partial charge in [-0.3, -0.25) is 0 Å². The van der Waals surface area contributed by atoms with Crippen LogP contribution in [0.3, 0.4) is 0 Å². The highest BCUT2D eigenvalue weighted by Gasteiger charge is 2.14. The molecule has 0 fully saturated rings. The lowest BCUT2D eigenvalue weighted by atomic mass is 10.1. The Morgan fingerprint density at radius 3 is 2.67 bits per heavy atom. The van der Waals surface area contributed by atoms with Crippen LogP contribution in [0.4, 0.5) is 5.95 Å².